The predicted octanol–water partition coefficient (Wildman–Crippen LogP) is 2.43. The molecule has 2 heterocycles. The summed E-state index contributed by atoms with van der Waals surface area (Å²) in [5.41, 5.74) is 0. The van der Waals surface area contributed by atoms with Crippen molar-refractivity contribution in [3.8, 4) is 0 Å². The first-order chi connectivity index (χ1) is 7.25. The van der Waals surface area contributed by atoms with Gasteiger partial charge in [0.15, 0.2) is 5.13 Å². The van der Waals surface area contributed by atoms with E-state index < -0.39 is 0 Å². The fourth-order valence-corrected chi connectivity index (χ4v) is 2.66. The molecule has 0 atom stereocenters. The summed E-state index contributed by atoms with van der Waals surface area (Å²) in [6.07, 6.45) is 4.41. The Morgan fingerprint density at radius 3 is 2.80 bits per heavy atom. The summed E-state index contributed by atoms with van der Waals surface area (Å²) >= 11 is 1.79. The first-order valence-corrected chi connectivity index (χ1v) is 6.50. The quantitative estimate of drug-likeness (QED) is 0.829. The lowest BCUT2D eigenvalue weighted by Gasteiger charge is -2.23. The molecule has 1 aromatic rings. The van der Waals surface area contributed by atoms with E-state index in [0.717, 1.165) is 18.2 Å². The van der Waals surface area contributed by atoms with Crippen LogP contribution in [-0.4, -0.2) is 24.1 Å². The van der Waals surface area contributed by atoms with Gasteiger partial charge in [0.1, 0.15) is 0 Å². The third-order valence-electron chi connectivity index (χ3n) is 2.76. The number of hydrogen-bond donors (Lipinski definition) is 2. The molecular formula is C11H19N3S. The third kappa shape index (κ3) is 2.92. The van der Waals surface area contributed by atoms with E-state index in [9.17, 15) is 0 Å². The van der Waals surface area contributed by atoms with Crippen molar-refractivity contribution in [3.05, 3.63) is 11.1 Å². The Bertz CT molecular complexity index is 303. The van der Waals surface area contributed by atoms with Gasteiger partial charge < -0.3 is 10.6 Å². The Balaban J connectivity index is 1.91. The van der Waals surface area contributed by atoms with Gasteiger partial charge in [-0.25, -0.2) is 4.98 Å². The molecule has 4 heteroatoms. The van der Waals surface area contributed by atoms with E-state index in [1.165, 1.54) is 17.7 Å². The Kier molecular flexibility index (Phi) is 3.59. The van der Waals surface area contributed by atoms with Crippen LogP contribution in [0.2, 0.25) is 0 Å². The van der Waals surface area contributed by atoms with Gasteiger partial charge in [0, 0.05) is 17.1 Å². The fraction of sp³-hybridized carbons (Fsp3) is 0.727. The van der Waals surface area contributed by atoms with Crippen LogP contribution in [0.15, 0.2) is 6.20 Å². The number of aromatic nitrogens is 1. The van der Waals surface area contributed by atoms with Crippen LogP contribution >= 0.6 is 11.3 Å². The molecule has 15 heavy (non-hydrogen) atoms. The van der Waals surface area contributed by atoms with E-state index in [4.69, 9.17) is 0 Å². The Hall–Kier alpha value is -0.610. The van der Waals surface area contributed by atoms with E-state index in [1.807, 2.05) is 6.20 Å². The molecule has 0 aromatic carbocycles. The molecule has 84 valence electrons. The highest BCUT2D eigenvalue weighted by molar-refractivity contribution is 7.15. The maximum absolute atomic E-state index is 4.42. The van der Waals surface area contributed by atoms with Gasteiger partial charge in [0.05, 0.1) is 0 Å². The van der Waals surface area contributed by atoms with Crippen LogP contribution in [0.1, 0.15) is 37.5 Å². The topological polar surface area (TPSA) is 37.0 Å². The van der Waals surface area contributed by atoms with Gasteiger partial charge in [0.2, 0.25) is 0 Å². The van der Waals surface area contributed by atoms with E-state index in [2.05, 4.69) is 29.5 Å². The van der Waals surface area contributed by atoms with Crippen molar-refractivity contribution in [1.29, 1.82) is 0 Å². The largest absolute Gasteiger partial charge is 0.359 e. The molecule has 1 aliphatic rings. The molecule has 0 unspecified atom stereocenters. The Morgan fingerprint density at radius 1 is 1.47 bits per heavy atom. The van der Waals surface area contributed by atoms with Gasteiger partial charge >= 0.3 is 0 Å². The second-order valence-corrected chi connectivity index (χ2v) is 5.45. The summed E-state index contributed by atoms with van der Waals surface area (Å²) < 4.78 is 0. The lowest BCUT2D eigenvalue weighted by molar-refractivity contribution is 0.479. The molecular weight excluding hydrogens is 206 g/mol. The van der Waals surface area contributed by atoms with Crippen LogP contribution in [0.25, 0.3) is 0 Å². The molecule has 0 spiro atoms. The Morgan fingerprint density at radius 2 is 2.20 bits per heavy atom. The summed E-state index contributed by atoms with van der Waals surface area (Å²) in [5, 5.41) is 7.98. The van der Waals surface area contributed by atoms with E-state index in [1.54, 1.807) is 11.3 Å². The molecule has 2 N–H and O–H groups in total. The molecule has 3 nitrogen and oxygen atoms in total. The molecule has 0 saturated carbocycles. The summed E-state index contributed by atoms with van der Waals surface area (Å²) in [5.74, 6) is 0.589. The molecule has 0 bridgehead atoms. The highest BCUT2D eigenvalue weighted by Crippen LogP contribution is 2.26. The maximum Gasteiger partial charge on any atom is 0.183 e. The summed E-state index contributed by atoms with van der Waals surface area (Å²) in [7, 11) is 0. The van der Waals surface area contributed by atoms with Gasteiger partial charge in [0.25, 0.3) is 0 Å². The van der Waals surface area contributed by atoms with Crippen molar-refractivity contribution in [3.63, 3.8) is 0 Å². The van der Waals surface area contributed by atoms with Crippen molar-refractivity contribution in [2.24, 2.45) is 0 Å². The standard InChI is InChI=1S/C11H19N3S/c1-8(2)10-7-13-11(15-10)14-9-3-5-12-6-4-9/h7-9,12H,3-6H2,1-2H3,(H,13,14). The van der Waals surface area contributed by atoms with Crippen molar-refractivity contribution in [2.75, 3.05) is 18.4 Å². The van der Waals surface area contributed by atoms with Crippen LogP contribution in [0.3, 0.4) is 0 Å². The molecule has 1 fully saturated rings. The minimum atomic E-state index is 0.589. The molecule has 1 aromatic heterocycles. The summed E-state index contributed by atoms with van der Waals surface area (Å²) in [4.78, 5) is 5.79. The number of thiazole rings is 1. The lowest BCUT2D eigenvalue weighted by Crippen LogP contribution is -2.35. The number of nitrogens with zero attached hydrogens (tertiary/aromatic N) is 1. The fourth-order valence-electron chi connectivity index (χ4n) is 1.76. The van der Waals surface area contributed by atoms with Crippen LogP contribution in [-0.2, 0) is 0 Å². The average Bonchev–Trinajstić information content (AvgIpc) is 2.68. The summed E-state index contributed by atoms with van der Waals surface area (Å²) in [6.45, 7) is 6.67. The van der Waals surface area contributed by atoms with Gasteiger partial charge in [-0.15, -0.1) is 11.3 Å². The van der Waals surface area contributed by atoms with Gasteiger partial charge in [-0.3, -0.25) is 0 Å². The highest BCUT2D eigenvalue weighted by atomic mass is 32.1. The molecule has 1 aliphatic heterocycles. The maximum atomic E-state index is 4.42. The normalized spacial score (nSPS) is 18.3. The zero-order chi connectivity index (χ0) is 10.7. The molecule has 0 amide bonds. The Labute approximate surface area is 95.3 Å². The minimum absolute atomic E-state index is 0.589. The van der Waals surface area contributed by atoms with Gasteiger partial charge in [-0.2, -0.15) is 0 Å². The van der Waals surface area contributed by atoms with Gasteiger partial charge in [-0.1, -0.05) is 13.8 Å². The van der Waals surface area contributed by atoms with Crippen LogP contribution in [0.4, 0.5) is 5.13 Å². The third-order valence-corrected chi connectivity index (χ3v) is 3.99. The second kappa shape index (κ2) is 4.94. The van der Waals surface area contributed by atoms with Gasteiger partial charge in [-0.05, 0) is 31.8 Å². The van der Waals surface area contributed by atoms with Crippen molar-refractivity contribution in [1.82, 2.24) is 10.3 Å². The number of anilines is 1. The summed E-state index contributed by atoms with van der Waals surface area (Å²) in [6, 6.07) is 0.609. The number of hydrogen-bond acceptors (Lipinski definition) is 4. The lowest BCUT2D eigenvalue weighted by atomic mass is 10.1. The van der Waals surface area contributed by atoms with Crippen molar-refractivity contribution < 1.29 is 0 Å². The molecule has 2 rings (SSSR count). The second-order valence-electron chi connectivity index (χ2n) is 4.39. The van der Waals surface area contributed by atoms with Crippen molar-refractivity contribution in [2.45, 2.75) is 38.6 Å². The predicted molar refractivity (Wildman–Crippen MR) is 65.7 cm³/mol. The van der Waals surface area contributed by atoms with Crippen LogP contribution in [0.5, 0.6) is 0 Å². The minimum Gasteiger partial charge on any atom is -0.359 e. The zero-order valence-electron chi connectivity index (χ0n) is 9.42. The van der Waals surface area contributed by atoms with Crippen LogP contribution < -0.4 is 10.6 Å². The average molecular weight is 225 g/mol. The first kappa shape index (κ1) is 10.9. The zero-order valence-corrected chi connectivity index (χ0v) is 10.2. The smallest absolute Gasteiger partial charge is 0.183 e. The van der Waals surface area contributed by atoms with Crippen molar-refractivity contribution >= 4 is 16.5 Å². The molecule has 0 radical (unpaired) electrons. The van der Waals surface area contributed by atoms with E-state index in [0.29, 0.717) is 12.0 Å². The molecule has 0 aliphatic carbocycles. The number of nitrogens with one attached hydrogen (secondary N) is 2. The van der Waals surface area contributed by atoms with Crippen LogP contribution in [0, 0.1) is 0 Å². The SMILES string of the molecule is CC(C)c1cnc(NC2CCNCC2)s1. The monoisotopic (exact) mass is 225 g/mol. The van der Waals surface area contributed by atoms with E-state index in [-0.39, 0.29) is 0 Å². The molecule has 1 saturated heterocycles. The first-order valence-electron chi connectivity index (χ1n) is 5.68. The highest BCUT2D eigenvalue weighted by Gasteiger charge is 2.14. The van der Waals surface area contributed by atoms with E-state index >= 15 is 0 Å². The number of piperidine rings is 1. The number of rotatable bonds is 3.